The Morgan fingerprint density at radius 2 is 2.00 bits per heavy atom. The number of fused-ring (bicyclic) bond motifs is 3. The molecule has 0 saturated heterocycles. The van der Waals surface area contributed by atoms with Crippen molar-refractivity contribution in [3.8, 4) is 11.5 Å². The van der Waals surface area contributed by atoms with Crippen LogP contribution in [0.1, 0.15) is 29.1 Å². The zero-order valence-electron chi connectivity index (χ0n) is 17.8. The lowest BCUT2D eigenvalue weighted by atomic mass is 9.97. The molecule has 2 heterocycles. The molecular weight excluding hydrogens is 434 g/mol. The standard InChI is InChI=1S/C22H25N3O4S2/c1-25(13-8-9-15(28-2)16(10-13)29-3)19(26)12-30-11-18-23-21(27)20-14-6-4-5-7-17(14)31-22(20)24-18/h8-10H,4-7,11-12H2,1-3H3,(H,23,24,27). The highest BCUT2D eigenvalue weighted by molar-refractivity contribution is 7.99. The van der Waals surface area contributed by atoms with E-state index in [0.29, 0.717) is 23.1 Å². The molecule has 0 saturated carbocycles. The first kappa shape index (κ1) is 21.7. The summed E-state index contributed by atoms with van der Waals surface area (Å²) in [6.07, 6.45) is 4.31. The van der Waals surface area contributed by atoms with Gasteiger partial charge in [0.25, 0.3) is 5.56 Å². The molecule has 31 heavy (non-hydrogen) atoms. The Morgan fingerprint density at radius 3 is 2.77 bits per heavy atom. The molecule has 7 nitrogen and oxygen atoms in total. The third-order valence-corrected chi connectivity index (χ3v) is 7.58. The highest BCUT2D eigenvalue weighted by Crippen LogP contribution is 2.34. The van der Waals surface area contributed by atoms with E-state index < -0.39 is 0 Å². The van der Waals surface area contributed by atoms with Gasteiger partial charge in [0.15, 0.2) is 11.5 Å². The summed E-state index contributed by atoms with van der Waals surface area (Å²) < 4.78 is 10.6. The normalized spacial score (nSPS) is 13.1. The van der Waals surface area contributed by atoms with Crippen molar-refractivity contribution in [2.45, 2.75) is 31.4 Å². The highest BCUT2D eigenvalue weighted by atomic mass is 32.2. The number of benzene rings is 1. The number of nitrogens with zero attached hydrogens (tertiary/aromatic N) is 2. The molecular formula is C22H25N3O4S2. The number of carbonyl (C=O) groups excluding carboxylic acids is 1. The lowest BCUT2D eigenvalue weighted by Crippen LogP contribution is -2.28. The predicted octanol–water partition coefficient (Wildman–Crippen LogP) is 3.78. The Kier molecular flexibility index (Phi) is 6.52. The minimum absolute atomic E-state index is 0.0489. The van der Waals surface area contributed by atoms with Gasteiger partial charge in [-0.3, -0.25) is 9.59 Å². The number of aromatic nitrogens is 2. The number of aryl methyl sites for hydroxylation is 2. The Balaban J connectivity index is 1.41. The largest absolute Gasteiger partial charge is 0.493 e. The monoisotopic (exact) mass is 459 g/mol. The molecule has 1 aliphatic carbocycles. The topological polar surface area (TPSA) is 84.5 Å². The zero-order valence-corrected chi connectivity index (χ0v) is 19.5. The van der Waals surface area contributed by atoms with E-state index in [1.807, 2.05) is 6.07 Å². The van der Waals surface area contributed by atoms with Crippen LogP contribution in [0.3, 0.4) is 0 Å². The van der Waals surface area contributed by atoms with Crippen LogP contribution in [0.25, 0.3) is 10.2 Å². The van der Waals surface area contributed by atoms with Gasteiger partial charge in [-0.05, 0) is 43.4 Å². The second-order valence-electron chi connectivity index (χ2n) is 7.39. The number of hydrogen-bond acceptors (Lipinski definition) is 7. The van der Waals surface area contributed by atoms with E-state index in [1.165, 1.54) is 28.6 Å². The number of methoxy groups -OCH3 is 2. The fourth-order valence-corrected chi connectivity index (χ4v) is 5.87. The van der Waals surface area contributed by atoms with Crippen molar-refractivity contribution in [1.82, 2.24) is 9.97 Å². The smallest absolute Gasteiger partial charge is 0.259 e. The number of carbonyl (C=O) groups is 1. The number of anilines is 1. The van der Waals surface area contributed by atoms with Crippen LogP contribution in [0.4, 0.5) is 5.69 Å². The van der Waals surface area contributed by atoms with Gasteiger partial charge in [-0.25, -0.2) is 4.98 Å². The van der Waals surface area contributed by atoms with Gasteiger partial charge in [-0.2, -0.15) is 0 Å². The van der Waals surface area contributed by atoms with Crippen molar-refractivity contribution in [2.75, 3.05) is 31.9 Å². The Morgan fingerprint density at radius 1 is 1.23 bits per heavy atom. The van der Waals surface area contributed by atoms with Gasteiger partial charge < -0.3 is 19.4 Å². The van der Waals surface area contributed by atoms with Crippen molar-refractivity contribution in [2.24, 2.45) is 0 Å². The molecule has 164 valence electrons. The average molecular weight is 460 g/mol. The summed E-state index contributed by atoms with van der Waals surface area (Å²) in [5, 5.41) is 0.762. The summed E-state index contributed by atoms with van der Waals surface area (Å²) in [6.45, 7) is 0. The molecule has 0 bridgehead atoms. The van der Waals surface area contributed by atoms with Crippen LogP contribution in [0.2, 0.25) is 0 Å². The summed E-state index contributed by atoms with van der Waals surface area (Å²) in [6, 6.07) is 5.36. The first-order valence-electron chi connectivity index (χ1n) is 10.1. The van der Waals surface area contributed by atoms with Gasteiger partial charge in [-0.1, -0.05) is 0 Å². The van der Waals surface area contributed by atoms with Crippen LogP contribution >= 0.6 is 23.1 Å². The number of H-pyrrole nitrogens is 1. The summed E-state index contributed by atoms with van der Waals surface area (Å²) in [5.74, 6) is 2.49. The molecule has 0 unspecified atom stereocenters. The maximum absolute atomic E-state index is 12.6. The Bertz CT molecular complexity index is 1170. The second-order valence-corrected chi connectivity index (χ2v) is 9.46. The molecule has 4 rings (SSSR count). The van der Waals surface area contributed by atoms with Gasteiger partial charge in [0.2, 0.25) is 5.91 Å². The maximum atomic E-state index is 12.6. The predicted molar refractivity (Wildman–Crippen MR) is 126 cm³/mol. The van der Waals surface area contributed by atoms with Crippen molar-refractivity contribution in [3.05, 3.63) is 44.8 Å². The number of hydrogen-bond donors (Lipinski definition) is 1. The number of thiophene rings is 1. The van der Waals surface area contributed by atoms with E-state index >= 15 is 0 Å². The van der Waals surface area contributed by atoms with Crippen molar-refractivity contribution >= 4 is 44.9 Å². The van der Waals surface area contributed by atoms with Gasteiger partial charge in [-0.15, -0.1) is 23.1 Å². The third kappa shape index (κ3) is 4.43. The molecule has 0 aliphatic heterocycles. The molecule has 1 aliphatic rings. The molecule has 1 aromatic carbocycles. The number of thioether (sulfide) groups is 1. The second kappa shape index (κ2) is 9.32. The molecule has 2 aromatic heterocycles. The van der Waals surface area contributed by atoms with Crippen molar-refractivity contribution in [3.63, 3.8) is 0 Å². The summed E-state index contributed by atoms with van der Waals surface area (Å²) >= 11 is 3.07. The van der Waals surface area contributed by atoms with Crippen LogP contribution in [0.15, 0.2) is 23.0 Å². The maximum Gasteiger partial charge on any atom is 0.259 e. The molecule has 0 fully saturated rings. The number of rotatable bonds is 7. The molecule has 3 aromatic rings. The van der Waals surface area contributed by atoms with Gasteiger partial charge in [0, 0.05) is 23.7 Å². The highest BCUT2D eigenvalue weighted by Gasteiger charge is 2.20. The first-order chi connectivity index (χ1) is 15.0. The van der Waals surface area contributed by atoms with Gasteiger partial charge in [0.1, 0.15) is 10.7 Å². The van der Waals surface area contributed by atoms with Crippen LogP contribution < -0.4 is 19.9 Å². The van der Waals surface area contributed by atoms with E-state index in [-0.39, 0.29) is 17.2 Å². The fraction of sp³-hybridized carbons (Fsp3) is 0.409. The minimum Gasteiger partial charge on any atom is -0.493 e. The van der Waals surface area contributed by atoms with Crippen molar-refractivity contribution in [1.29, 1.82) is 0 Å². The number of amides is 1. The molecule has 1 N–H and O–H groups in total. The van der Waals surface area contributed by atoms with E-state index in [4.69, 9.17) is 9.47 Å². The summed E-state index contributed by atoms with van der Waals surface area (Å²) in [4.78, 5) is 36.6. The first-order valence-corrected chi connectivity index (χ1v) is 12.1. The average Bonchev–Trinajstić information content (AvgIpc) is 3.16. The molecule has 0 spiro atoms. The van der Waals surface area contributed by atoms with Crippen LogP contribution in [0, 0.1) is 0 Å². The fourth-order valence-electron chi connectivity index (χ4n) is 3.79. The van der Waals surface area contributed by atoms with Crippen LogP contribution in [-0.4, -0.2) is 42.9 Å². The zero-order chi connectivity index (χ0) is 22.0. The van der Waals surface area contributed by atoms with E-state index in [2.05, 4.69) is 9.97 Å². The van der Waals surface area contributed by atoms with Gasteiger partial charge >= 0.3 is 0 Å². The lowest BCUT2D eigenvalue weighted by molar-refractivity contribution is -0.115. The molecule has 1 amide bonds. The number of ether oxygens (including phenoxy) is 2. The van der Waals surface area contributed by atoms with Crippen LogP contribution in [-0.2, 0) is 23.4 Å². The minimum atomic E-state index is -0.0613. The van der Waals surface area contributed by atoms with E-state index in [0.717, 1.165) is 35.2 Å². The number of nitrogens with one attached hydrogen (secondary N) is 1. The SMILES string of the molecule is COc1ccc(N(C)C(=O)CSCc2nc3sc4c(c3c(=O)[nH]2)CCCC4)cc1OC. The van der Waals surface area contributed by atoms with Gasteiger partial charge in [0.05, 0.1) is 31.1 Å². The van der Waals surface area contributed by atoms with Crippen molar-refractivity contribution < 1.29 is 14.3 Å². The molecule has 0 atom stereocenters. The number of aromatic amines is 1. The third-order valence-electron chi connectivity index (χ3n) is 5.47. The molecule has 9 heteroatoms. The molecule has 0 radical (unpaired) electrons. The summed E-state index contributed by atoms with van der Waals surface area (Å²) in [7, 11) is 4.87. The van der Waals surface area contributed by atoms with E-state index in [1.54, 1.807) is 49.6 Å². The Hall–Kier alpha value is -2.52. The Labute approximate surface area is 188 Å². The lowest BCUT2D eigenvalue weighted by Gasteiger charge is -2.19. The van der Waals surface area contributed by atoms with E-state index in [9.17, 15) is 9.59 Å². The van der Waals surface area contributed by atoms with Crippen LogP contribution in [0.5, 0.6) is 11.5 Å². The quantitative estimate of drug-likeness (QED) is 0.579. The summed E-state index contributed by atoms with van der Waals surface area (Å²) in [5.41, 5.74) is 1.85.